The third kappa shape index (κ3) is 8.19. The van der Waals surface area contributed by atoms with Crippen LogP contribution in [0.25, 0.3) is 10.8 Å². The summed E-state index contributed by atoms with van der Waals surface area (Å²) < 4.78 is 46.1. The van der Waals surface area contributed by atoms with Crippen LogP contribution in [0.5, 0.6) is 11.6 Å². The molecule has 5 fully saturated rings. The van der Waals surface area contributed by atoms with Crippen LogP contribution in [-0.2, 0) is 33.9 Å². The first-order valence-electron chi connectivity index (χ1n) is 21.1. The molecule has 3 heterocycles. The summed E-state index contributed by atoms with van der Waals surface area (Å²) >= 11 is 0. The van der Waals surface area contributed by atoms with Gasteiger partial charge in [-0.2, -0.15) is 0 Å². The van der Waals surface area contributed by atoms with Crippen molar-refractivity contribution in [3.8, 4) is 11.6 Å². The minimum absolute atomic E-state index is 0.0827. The van der Waals surface area contributed by atoms with E-state index < -0.39 is 44.2 Å². The Hall–Kier alpha value is -4.00. The van der Waals surface area contributed by atoms with Crippen LogP contribution in [0.15, 0.2) is 42.6 Å². The van der Waals surface area contributed by atoms with Crippen LogP contribution in [0, 0.1) is 40.9 Å². The largest absolute Gasteiger partial charge is 0.494 e. The fourth-order valence-corrected chi connectivity index (χ4v) is 11.2. The normalized spacial score (nSPS) is 35.2. The minimum atomic E-state index is -3.94. The average molecular weight is 804 g/mol. The van der Waals surface area contributed by atoms with Crippen LogP contribution < -0.4 is 14.2 Å². The number of sulfonamides is 1. The molecule has 1 aromatic heterocycles. The molecule has 10 atom stereocenters. The number of hydrogen-bond donors (Lipinski definition) is 1. The number of carbonyl (C=O) groups excluding carboxylic acids is 4. The molecule has 1 saturated heterocycles. The number of allylic oxidation sites excluding steroid dienone is 2. The summed E-state index contributed by atoms with van der Waals surface area (Å²) in [5.74, 6) is -0.315. The van der Waals surface area contributed by atoms with Gasteiger partial charge in [-0.05, 0) is 131 Å². The maximum Gasteiger partial charge on any atom is 0.306 e. The molecular weight excluding hydrogens is 747 g/mol. The Balaban J connectivity index is 1.09. The Morgan fingerprint density at radius 2 is 1.79 bits per heavy atom. The number of esters is 1. The first-order chi connectivity index (χ1) is 27.2. The quantitative estimate of drug-likeness (QED) is 0.213. The maximum absolute atomic E-state index is 15.0. The van der Waals surface area contributed by atoms with Crippen molar-refractivity contribution in [1.29, 1.82) is 0 Å². The maximum atomic E-state index is 15.0. The van der Waals surface area contributed by atoms with E-state index in [9.17, 15) is 27.6 Å². The van der Waals surface area contributed by atoms with E-state index in [2.05, 4.69) is 16.6 Å². The number of nitrogens with zero attached hydrogens (tertiary/aromatic N) is 2. The van der Waals surface area contributed by atoms with Crippen LogP contribution in [0.1, 0.15) is 105 Å². The van der Waals surface area contributed by atoms with Crippen molar-refractivity contribution in [3.63, 3.8) is 0 Å². The van der Waals surface area contributed by atoms with E-state index in [1.807, 2.05) is 50.3 Å². The lowest BCUT2D eigenvalue weighted by Gasteiger charge is -2.32. The summed E-state index contributed by atoms with van der Waals surface area (Å²) in [6.45, 7) is 8.31. The van der Waals surface area contributed by atoms with Gasteiger partial charge in [0.1, 0.15) is 18.0 Å². The van der Waals surface area contributed by atoms with Gasteiger partial charge in [-0.25, -0.2) is 13.4 Å². The van der Waals surface area contributed by atoms with E-state index in [0.717, 1.165) is 36.5 Å². The number of amides is 2. The second kappa shape index (κ2) is 15.3. The number of nitrogens with one attached hydrogen (secondary N) is 1. The number of Topliss-reactive ketones (excluding diaryl/α,β-unsaturated/α-hetero) is 1. The van der Waals surface area contributed by atoms with E-state index in [4.69, 9.17) is 14.2 Å². The van der Waals surface area contributed by atoms with Gasteiger partial charge in [-0.3, -0.25) is 23.9 Å². The summed E-state index contributed by atoms with van der Waals surface area (Å²) in [4.78, 5) is 63.4. The molecule has 308 valence electrons. The summed E-state index contributed by atoms with van der Waals surface area (Å²) in [7, 11) is -3.94. The highest BCUT2D eigenvalue weighted by Gasteiger charge is 2.63. The zero-order valence-electron chi connectivity index (χ0n) is 33.6. The Labute approximate surface area is 335 Å². The zero-order chi connectivity index (χ0) is 40.3. The smallest absolute Gasteiger partial charge is 0.306 e. The molecule has 2 aromatic rings. The molecule has 0 bridgehead atoms. The van der Waals surface area contributed by atoms with Gasteiger partial charge in [0, 0.05) is 24.4 Å². The van der Waals surface area contributed by atoms with Crippen LogP contribution in [0.2, 0.25) is 0 Å². The van der Waals surface area contributed by atoms with Gasteiger partial charge in [0.15, 0.2) is 5.78 Å². The number of benzene rings is 1. The highest BCUT2D eigenvalue weighted by Crippen LogP contribution is 2.58. The Bertz CT molecular complexity index is 2060. The van der Waals surface area contributed by atoms with Gasteiger partial charge in [-0.15, -0.1) is 0 Å². The zero-order valence-corrected chi connectivity index (χ0v) is 34.4. The summed E-state index contributed by atoms with van der Waals surface area (Å²) in [6.07, 6.45) is 11.3. The first kappa shape index (κ1) is 39.8. The lowest BCUT2D eigenvalue weighted by Crippen LogP contribution is -2.48. The van der Waals surface area contributed by atoms with Gasteiger partial charge in [0.05, 0.1) is 41.7 Å². The first-order valence-corrected chi connectivity index (χ1v) is 22.6. The number of pyridine rings is 1. The number of ketones is 1. The van der Waals surface area contributed by atoms with E-state index in [1.54, 1.807) is 18.0 Å². The van der Waals surface area contributed by atoms with Crippen molar-refractivity contribution in [1.82, 2.24) is 14.6 Å². The van der Waals surface area contributed by atoms with Crippen LogP contribution in [-0.4, -0.2) is 78.0 Å². The Morgan fingerprint density at radius 3 is 2.53 bits per heavy atom. The SMILES string of the molecule is CCOc1ccc2c(O[C@@H]3C[C@H]4C(=O)C[C@]5(C(=O)NS(=O)(=O)C6(C)CC6)C[C@H]5/C=C\CC[C@@H](C)C[C@@H](C)[C@H](CC(=O)OC5C[C@@H]6C[C@@H]6C5)C(=O)N4C3)nccc2c1. The predicted octanol–water partition coefficient (Wildman–Crippen LogP) is 6.31. The van der Waals surface area contributed by atoms with Crippen molar-refractivity contribution in [2.75, 3.05) is 13.2 Å². The summed E-state index contributed by atoms with van der Waals surface area (Å²) in [5, 5.41) is 1.62. The molecule has 0 spiro atoms. The molecule has 1 aromatic carbocycles. The van der Waals surface area contributed by atoms with E-state index in [1.165, 1.54) is 6.42 Å². The highest BCUT2D eigenvalue weighted by molar-refractivity contribution is 7.91. The molecule has 2 aliphatic heterocycles. The number of aromatic nitrogens is 1. The molecule has 13 heteroatoms. The molecule has 4 saturated carbocycles. The molecule has 0 radical (unpaired) electrons. The minimum Gasteiger partial charge on any atom is -0.494 e. The van der Waals surface area contributed by atoms with Gasteiger partial charge < -0.3 is 19.1 Å². The number of rotatable bonds is 10. The van der Waals surface area contributed by atoms with Gasteiger partial charge in [0.25, 0.3) is 0 Å². The van der Waals surface area contributed by atoms with Crippen molar-refractivity contribution in [2.45, 2.75) is 128 Å². The molecule has 57 heavy (non-hydrogen) atoms. The van der Waals surface area contributed by atoms with E-state index in [-0.39, 0.29) is 67.3 Å². The van der Waals surface area contributed by atoms with Gasteiger partial charge in [0.2, 0.25) is 27.7 Å². The van der Waals surface area contributed by atoms with Crippen molar-refractivity contribution in [3.05, 3.63) is 42.6 Å². The second-order valence-corrected chi connectivity index (χ2v) is 20.6. The number of fused-ring (bicyclic) bond motifs is 4. The molecule has 1 N–H and O–H groups in total. The van der Waals surface area contributed by atoms with Crippen molar-refractivity contribution >= 4 is 44.4 Å². The van der Waals surface area contributed by atoms with E-state index in [0.29, 0.717) is 55.8 Å². The molecular formula is C44H57N3O9S. The van der Waals surface area contributed by atoms with E-state index >= 15 is 0 Å². The third-order valence-corrected chi connectivity index (χ3v) is 16.1. The average Bonchev–Trinajstić information content (AvgIpc) is 4.12. The fourth-order valence-electron chi connectivity index (χ4n) is 9.89. The van der Waals surface area contributed by atoms with Crippen LogP contribution in [0.4, 0.5) is 0 Å². The van der Waals surface area contributed by atoms with Gasteiger partial charge in [-0.1, -0.05) is 26.0 Å². The van der Waals surface area contributed by atoms with Gasteiger partial charge >= 0.3 is 5.97 Å². The van der Waals surface area contributed by atoms with Crippen LogP contribution in [0.3, 0.4) is 0 Å². The predicted molar refractivity (Wildman–Crippen MR) is 212 cm³/mol. The molecule has 4 aliphatic carbocycles. The summed E-state index contributed by atoms with van der Waals surface area (Å²) in [6, 6.07) is 6.55. The topological polar surface area (TPSA) is 158 Å². The molecule has 2 amide bonds. The number of carbonyl (C=O) groups is 4. The number of ether oxygens (including phenoxy) is 3. The monoisotopic (exact) mass is 803 g/mol. The Kier molecular flexibility index (Phi) is 10.7. The number of hydrogen-bond acceptors (Lipinski definition) is 10. The molecule has 6 aliphatic rings. The molecule has 8 rings (SSSR count). The lowest BCUT2D eigenvalue weighted by atomic mass is 9.82. The lowest BCUT2D eigenvalue weighted by molar-refractivity contribution is -0.155. The fraction of sp³-hybridized carbons (Fsp3) is 0.659. The molecule has 12 nitrogen and oxygen atoms in total. The van der Waals surface area contributed by atoms with Crippen LogP contribution >= 0.6 is 0 Å². The second-order valence-electron chi connectivity index (χ2n) is 18.4. The summed E-state index contributed by atoms with van der Waals surface area (Å²) in [5.41, 5.74) is -1.25. The Morgan fingerprint density at radius 1 is 1.02 bits per heavy atom. The standard InChI is InChI=1S/C44H57N3O9S/c1-5-54-32-10-11-35-28(18-32)12-15-45-40(35)56-34-21-37-38(48)24-44(42(51)46-57(52,53)43(4)13-14-43)23-31(44)9-7-6-8-26(2)16-27(3)36(41(50)47(37)25-34)22-39(49)55-33-19-29-17-30(29)20-33/h7,9-12,15,18,26-27,29-31,33-34,36-37H,5-6,8,13-14,16-17,19-25H2,1-4H3,(H,46,51)/b9-7-/t26-,27-,29-,30+,31-,33?,34-,36+,37+,44-/m1/s1. The van der Waals surface area contributed by atoms with Crippen molar-refractivity contribution in [2.24, 2.45) is 40.9 Å². The molecule has 1 unspecified atom stereocenters. The highest BCUT2D eigenvalue weighted by atomic mass is 32.2. The van der Waals surface area contributed by atoms with Crippen molar-refractivity contribution < 1.29 is 41.8 Å². The third-order valence-electron chi connectivity index (χ3n) is 14.0.